The maximum absolute atomic E-state index is 15.1. The molecule has 4 aromatic carbocycles. The van der Waals surface area contributed by atoms with Crippen LogP contribution in [0.25, 0.3) is 31.6 Å². The van der Waals surface area contributed by atoms with Crippen LogP contribution in [0.4, 0.5) is 46.5 Å². The van der Waals surface area contributed by atoms with Gasteiger partial charge in [0, 0.05) is 10.0 Å². The minimum absolute atomic E-state index is 0.389. The first kappa shape index (κ1) is 37.7. The first-order chi connectivity index (χ1) is 24.7. The Morgan fingerprint density at radius 2 is 0.923 bits per heavy atom. The van der Waals surface area contributed by atoms with E-state index >= 15 is 17.6 Å². The highest BCUT2D eigenvalue weighted by atomic mass is 35.5. The highest BCUT2D eigenvalue weighted by molar-refractivity contribution is 8.02. The summed E-state index contributed by atoms with van der Waals surface area (Å²) >= 11 is 16.1. The summed E-state index contributed by atoms with van der Waals surface area (Å²) in [6.07, 6.45) is 0. The number of hydrogen-bond acceptors (Lipinski definition) is 10. The van der Waals surface area contributed by atoms with Crippen LogP contribution in [0.15, 0.2) is 45.1 Å². The number of nitrogens with one attached hydrogen (secondary N) is 4. The number of carbonyl (C=O) groups excluding carboxylic acids is 2. The third-order valence-corrected chi connectivity index (χ3v) is 11.6. The van der Waals surface area contributed by atoms with Gasteiger partial charge in [0.2, 0.25) is 11.8 Å². The van der Waals surface area contributed by atoms with Crippen LogP contribution in [0.1, 0.15) is 0 Å². The second kappa shape index (κ2) is 15.5. The Hall–Kier alpha value is -4.08. The van der Waals surface area contributed by atoms with Crippen molar-refractivity contribution >= 4 is 113 Å². The number of hydrogen-bond donors (Lipinski definition) is 4. The number of thioether (sulfide) groups is 2. The second-order valence-corrected chi connectivity index (χ2v) is 15.5. The number of nitrogens with zero attached hydrogens (tertiary/aromatic N) is 2. The summed E-state index contributed by atoms with van der Waals surface area (Å²) in [5.41, 5.74) is 0.549. The molecular formula is C30H14Cl2F8N6O2S4. The molecule has 0 saturated carbocycles. The van der Waals surface area contributed by atoms with Crippen LogP contribution in [0.3, 0.4) is 0 Å². The van der Waals surface area contributed by atoms with Crippen molar-refractivity contribution in [3.63, 3.8) is 0 Å². The molecule has 4 N–H and O–H groups in total. The summed E-state index contributed by atoms with van der Waals surface area (Å²) in [6.45, 7) is 0. The topological polar surface area (TPSA) is 108 Å². The van der Waals surface area contributed by atoms with Gasteiger partial charge in [0.15, 0.2) is 55.2 Å². The number of halogens is 10. The number of anilines is 2. The van der Waals surface area contributed by atoms with E-state index < -0.39 is 80.9 Å². The number of carbonyl (C=O) groups is 2. The van der Waals surface area contributed by atoms with Gasteiger partial charge in [0.25, 0.3) is 0 Å². The van der Waals surface area contributed by atoms with Crippen molar-refractivity contribution in [2.45, 2.75) is 8.68 Å². The van der Waals surface area contributed by atoms with Crippen LogP contribution < -0.4 is 21.7 Å². The number of benzene rings is 4. The van der Waals surface area contributed by atoms with Crippen molar-refractivity contribution in [2.75, 3.05) is 22.4 Å². The van der Waals surface area contributed by atoms with Crippen LogP contribution in [0.2, 0.25) is 10.0 Å². The fraction of sp³-hybridized carbons (Fsp3) is 0.0667. The number of fused-ring (bicyclic) bond motifs is 2. The van der Waals surface area contributed by atoms with E-state index in [1.807, 2.05) is 10.9 Å². The molecule has 2 amide bonds. The molecule has 0 atom stereocenters. The Balaban J connectivity index is 1.14. The minimum atomic E-state index is -2.46. The third-order valence-electron chi connectivity index (χ3n) is 6.74. The zero-order valence-electron chi connectivity index (χ0n) is 25.0. The summed E-state index contributed by atoms with van der Waals surface area (Å²) in [5.74, 6) is -21.7. The molecule has 8 nitrogen and oxygen atoms in total. The molecular weight excluding hydrogens is 828 g/mol. The Bertz CT molecular complexity index is 2190. The van der Waals surface area contributed by atoms with E-state index in [4.69, 9.17) is 23.2 Å². The zero-order chi connectivity index (χ0) is 37.4. The highest BCUT2D eigenvalue weighted by Gasteiger charge is 2.34. The lowest BCUT2D eigenvalue weighted by molar-refractivity contribution is -0.118. The Morgan fingerprint density at radius 1 is 0.577 bits per heavy atom. The summed E-state index contributed by atoms with van der Waals surface area (Å²) in [6, 6.07) is 9.86. The van der Waals surface area contributed by atoms with Crippen LogP contribution in [-0.4, -0.2) is 33.3 Å². The van der Waals surface area contributed by atoms with Gasteiger partial charge in [-0.25, -0.2) is 45.1 Å². The molecule has 2 heterocycles. The molecule has 0 spiro atoms. The van der Waals surface area contributed by atoms with E-state index in [1.54, 1.807) is 47.2 Å². The van der Waals surface area contributed by atoms with Crippen molar-refractivity contribution in [3.8, 4) is 11.1 Å². The molecule has 6 aromatic rings. The number of aromatic nitrogens is 2. The summed E-state index contributed by atoms with van der Waals surface area (Å²) in [4.78, 5) is 33.1. The molecule has 0 aliphatic carbocycles. The van der Waals surface area contributed by atoms with Gasteiger partial charge in [-0.1, -0.05) is 46.7 Å². The molecule has 0 saturated heterocycles. The molecule has 52 heavy (non-hydrogen) atoms. The van der Waals surface area contributed by atoms with Crippen LogP contribution >= 0.6 is 69.4 Å². The number of thiazole rings is 2. The lowest BCUT2D eigenvalue weighted by Gasteiger charge is -2.17. The van der Waals surface area contributed by atoms with Gasteiger partial charge in [-0.05, 0) is 36.4 Å². The predicted molar refractivity (Wildman–Crippen MR) is 186 cm³/mol. The smallest absolute Gasteiger partial charge is 0.248 e. The van der Waals surface area contributed by atoms with Crippen molar-refractivity contribution in [2.24, 2.45) is 0 Å². The SMILES string of the molecule is O=C(CSc1nc2cc(Cl)ccc2s1)NNc1c(F)c(F)c(-c2c(F)c(F)c(NNC(=O)CSc3nc4cc(Cl)ccc4s3)c(F)c2F)c(F)c1F. The van der Waals surface area contributed by atoms with Gasteiger partial charge in [-0.2, -0.15) is 0 Å². The van der Waals surface area contributed by atoms with Crippen molar-refractivity contribution < 1.29 is 44.7 Å². The van der Waals surface area contributed by atoms with Crippen LogP contribution in [0, 0.1) is 46.5 Å². The maximum atomic E-state index is 15.1. The van der Waals surface area contributed by atoms with E-state index in [1.165, 1.54) is 22.7 Å². The molecule has 0 fully saturated rings. The van der Waals surface area contributed by atoms with Gasteiger partial charge in [-0.3, -0.25) is 31.3 Å². The molecule has 0 unspecified atom stereocenters. The van der Waals surface area contributed by atoms with Crippen molar-refractivity contribution in [1.82, 2.24) is 20.8 Å². The molecule has 6 rings (SSSR count). The molecule has 0 aliphatic rings. The normalized spacial score (nSPS) is 11.3. The predicted octanol–water partition coefficient (Wildman–Crippen LogP) is 9.46. The first-order valence-electron chi connectivity index (χ1n) is 13.9. The summed E-state index contributed by atoms with van der Waals surface area (Å²) in [5, 5.41) is 0.863. The van der Waals surface area contributed by atoms with Crippen LogP contribution in [0.5, 0.6) is 0 Å². The standard InChI is InChI=1S/C30H14Cl2F8N6O2S4/c31-9-1-3-13-11(5-9)41-29(51-13)49-7-15(47)43-45-27-23(37)19(33)17(20(34)24(27)38)18-21(35)25(39)28(26(40)22(18)36)46-44-16(48)8-50-30-42-12-6-10(32)2-4-14(12)52-30/h1-6,45-46H,7-8H2,(H,43,47)(H,44,48). The second-order valence-electron chi connectivity index (χ2n) is 10.1. The average molecular weight is 842 g/mol. The fourth-order valence-electron chi connectivity index (χ4n) is 4.40. The Labute approximate surface area is 312 Å². The number of hydrazine groups is 2. The molecule has 0 radical (unpaired) electrons. The van der Waals surface area contributed by atoms with E-state index in [-0.39, 0.29) is 11.5 Å². The molecule has 22 heteroatoms. The molecule has 0 bridgehead atoms. The van der Waals surface area contributed by atoms with Gasteiger partial charge in [0.1, 0.15) is 11.4 Å². The first-order valence-corrected chi connectivity index (χ1v) is 18.3. The largest absolute Gasteiger partial charge is 0.293 e. The molecule has 0 aliphatic heterocycles. The van der Waals surface area contributed by atoms with Crippen molar-refractivity contribution in [3.05, 3.63) is 93.0 Å². The Morgan fingerprint density at radius 3 is 1.27 bits per heavy atom. The van der Waals surface area contributed by atoms with Gasteiger partial charge in [0.05, 0.1) is 43.1 Å². The van der Waals surface area contributed by atoms with Gasteiger partial charge in [-0.15, -0.1) is 22.7 Å². The summed E-state index contributed by atoms with van der Waals surface area (Å²) in [7, 11) is 0. The van der Waals surface area contributed by atoms with Gasteiger partial charge < -0.3 is 0 Å². The number of amides is 2. The van der Waals surface area contributed by atoms with Gasteiger partial charge >= 0.3 is 0 Å². The zero-order valence-corrected chi connectivity index (χ0v) is 29.8. The quantitative estimate of drug-likeness (QED) is 0.0443. The Kier molecular flexibility index (Phi) is 11.2. The monoisotopic (exact) mass is 840 g/mol. The van der Waals surface area contributed by atoms with E-state index in [9.17, 15) is 27.2 Å². The lowest BCUT2D eigenvalue weighted by atomic mass is 10.00. The number of rotatable bonds is 11. The minimum Gasteiger partial charge on any atom is -0.293 e. The maximum Gasteiger partial charge on any atom is 0.248 e. The highest BCUT2D eigenvalue weighted by Crippen LogP contribution is 2.40. The van der Waals surface area contributed by atoms with E-state index in [2.05, 4.69) is 9.97 Å². The average Bonchev–Trinajstić information content (AvgIpc) is 3.72. The van der Waals surface area contributed by atoms with Crippen LogP contribution in [-0.2, 0) is 9.59 Å². The van der Waals surface area contributed by atoms with E-state index in [0.29, 0.717) is 29.8 Å². The van der Waals surface area contributed by atoms with E-state index in [0.717, 1.165) is 32.9 Å². The molecule has 2 aromatic heterocycles. The summed E-state index contributed by atoms with van der Waals surface area (Å²) < 4.78 is 122. The van der Waals surface area contributed by atoms with Crippen molar-refractivity contribution in [1.29, 1.82) is 0 Å². The lowest BCUT2D eigenvalue weighted by Crippen LogP contribution is -2.32. The third kappa shape index (κ3) is 7.67. The fourth-order valence-corrected chi connectivity index (χ4v) is 8.43. The molecule has 270 valence electrons.